The molecule has 1 N–H and O–H groups in total. The lowest BCUT2D eigenvalue weighted by Gasteiger charge is -2.12. The van der Waals surface area contributed by atoms with Gasteiger partial charge in [-0.3, -0.25) is 0 Å². The summed E-state index contributed by atoms with van der Waals surface area (Å²) >= 11 is 0.234. The van der Waals surface area contributed by atoms with E-state index in [1.807, 2.05) is 37.3 Å². The molecule has 0 saturated carbocycles. The molecule has 4 heteroatoms. The van der Waals surface area contributed by atoms with Gasteiger partial charge in [0.15, 0.2) is 0 Å². The predicted octanol–water partition coefficient (Wildman–Crippen LogP) is 4.11. The number of rotatable bonds is 9. The van der Waals surface area contributed by atoms with Crippen LogP contribution in [0.2, 0.25) is 0 Å². The molecule has 2 nitrogen and oxygen atoms in total. The normalized spacial score (nSPS) is 12.8. The molecule has 0 bridgehead atoms. The Kier molecular flexibility index (Phi) is 8.26. The summed E-state index contributed by atoms with van der Waals surface area (Å²) in [5.41, 5.74) is 3.23. The summed E-state index contributed by atoms with van der Waals surface area (Å²) in [6, 6.07) is 6.04. The van der Waals surface area contributed by atoms with Crippen molar-refractivity contribution >= 4 is 24.3 Å². The van der Waals surface area contributed by atoms with Crippen molar-refractivity contribution in [3.63, 3.8) is 0 Å². The van der Waals surface area contributed by atoms with E-state index in [0.29, 0.717) is 13.2 Å². The Labute approximate surface area is 124 Å². The van der Waals surface area contributed by atoms with Crippen molar-refractivity contribution in [1.82, 2.24) is 0 Å². The van der Waals surface area contributed by atoms with E-state index in [1.54, 1.807) is 0 Å². The summed E-state index contributed by atoms with van der Waals surface area (Å²) in [5.74, 6) is 0.0999. The number of benzene rings is 1. The van der Waals surface area contributed by atoms with E-state index in [-0.39, 0.29) is 30.4 Å². The van der Waals surface area contributed by atoms with Crippen LogP contribution in [0, 0.1) is 5.92 Å². The van der Waals surface area contributed by atoms with Gasteiger partial charge >= 0.3 is 0 Å². The van der Waals surface area contributed by atoms with Crippen molar-refractivity contribution < 1.29 is 13.7 Å². The molecule has 0 aliphatic rings. The highest BCUT2D eigenvalue weighted by atomic mass is 32.2. The number of hydrogen-bond donors (Lipinski definition) is 1. The summed E-state index contributed by atoms with van der Waals surface area (Å²) in [6.07, 6.45) is 5.82. The maximum atomic E-state index is 12.1. The van der Waals surface area contributed by atoms with Crippen molar-refractivity contribution in [3.8, 4) is 0 Å². The number of halogens is 1. The van der Waals surface area contributed by atoms with Crippen molar-refractivity contribution in [2.75, 3.05) is 19.0 Å². The Morgan fingerprint density at radius 3 is 2.85 bits per heavy atom. The molecule has 20 heavy (non-hydrogen) atoms. The fourth-order valence-electron chi connectivity index (χ4n) is 1.81. The molecular weight excluding hydrogens is 275 g/mol. The topological polar surface area (TPSA) is 29.5 Å². The fourth-order valence-corrected chi connectivity index (χ4v) is 2.19. The van der Waals surface area contributed by atoms with Gasteiger partial charge < -0.3 is 9.84 Å². The molecule has 0 aliphatic heterocycles. The molecule has 0 fully saturated rings. The number of aliphatic hydroxyl groups is 1. The van der Waals surface area contributed by atoms with Crippen molar-refractivity contribution in [3.05, 3.63) is 47.5 Å². The first-order chi connectivity index (χ1) is 9.74. The van der Waals surface area contributed by atoms with Crippen LogP contribution in [0.15, 0.2) is 30.9 Å². The lowest BCUT2D eigenvalue weighted by molar-refractivity contribution is 0.0711. The summed E-state index contributed by atoms with van der Waals surface area (Å²) < 4.78 is 17.7. The minimum absolute atomic E-state index is 0.0594. The van der Waals surface area contributed by atoms with Gasteiger partial charge in [0.05, 0.1) is 13.2 Å². The molecule has 0 heterocycles. The minimum atomic E-state index is -0.160. The van der Waals surface area contributed by atoms with E-state index in [0.717, 1.165) is 16.7 Å². The number of aliphatic hydroxyl groups excluding tert-OH is 1. The van der Waals surface area contributed by atoms with E-state index in [9.17, 15) is 3.89 Å². The summed E-state index contributed by atoms with van der Waals surface area (Å²) in [7, 11) is 0. The second kappa shape index (κ2) is 9.75. The van der Waals surface area contributed by atoms with E-state index >= 15 is 0 Å². The van der Waals surface area contributed by atoms with Gasteiger partial charge in [-0.25, -0.2) is 0 Å². The Morgan fingerprint density at radius 2 is 2.25 bits per heavy atom. The van der Waals surface area contributed by atoms with Gasteiger partial charge in [-0.05, 0) is 29.7 Å². The SMILES string of the molecule is C=Cc1ccc(COCC(CO)CSF)cc1/C=C\C. The number of ether oxygens (including phenoxy) is 1. The van der Waals surface area contributed by atoms with Crippen molar-refractivity contribution in [2.24, 2.45) is 5.92 Å². The zero-order valence-electron chi connectivity index (χ0n) is 11.7. The number of allylic oxidation sites excluding steroid dienone is 1. The Hall–Kier alpha value is -1.10. The van der Waals surface area contributed by atoms with Gasteiger partial charge in [0.1, 0.15) is 0 Å². The molecule has 0 radical (unpaired) electrons. The predicted molar refractivity (Wildman–Crippen MR) is 85.0 cm³/mol. The summed E-state index contributed by atoms with van der Waals surface area (Å²) in [4.78, 5) is 0. The average molecular weight is 296 g/mol. The first kappa shape index (κ1) is 17.0. The molecule has 0 amide bonds. The molecule has 1 rings (SSSR count). The highest BCUT2D eigenvalue weighted by Gasteiger charge is 2.08. The van der Waals surface area contributed by atoms with Gasteiger partial charge in [-0.1, -0.05) is 36.9 Å². The molecule has 1 aromatic rings. The Morgan fingerprint density at radius 1 is 1.45 bits per heavy atom. The van der Waals surface area contributed by atoms with Crippen LogP contribution in [0.5, 0.6) is 0 Å². The molecule has 0 aliphatic carbocycles. The van der Waals surface area contributed by atoms with Gasteiger partial charge in [0, 0.05) is 30.4 Å². The van der Waals surface area contributed by atoms with Crippen LogP contribution in [0.3, 0.4) is 0 Å². The van der Waals surface area contributed by atoms with E-state index in [2.05, 4.69) is 12.6 Å². The maximum Gasteiger partial charge on any atom is 0.0717 e. The number of hydrogen-bond acceptors (Lipinski definition) is 3. The molecular formula is C16H21FO2S. The van der Waals surface area contributed by atoms with Crippen LogP contribution in [0.1, 0.15) is 23.6 Å². The lowest BCUT2D eigenvalue weighted by atomic mass is 10.0. The van der Waals surface area contributed by atoms with Crippen LogP contribution in [-0.4, -0.2) is 24.1 Å². The summed E-state index contributed by atoms with van der Waals surface area (Å²) in [5, 5.41) is 9.06. The minimum Gasteiger partial charge on any atom is -0.396 e. The lowest BCUT2D eigenvalue weighted by Crippen LogP contribution is -2.16. The van der Waals surface area contributed by atoms with E-state index in [4.69, 9.17) is 9.84 Å². The molecule has 1 aromatic carbocycles. The maximum absolute atomic E-state index is 12.1. The summed E-state index contributed by atoms with van der Waals surface area (Å²) in [6.45, 7) is 6.51. The van der Waals surface area contributed by atoms with Crippen molar-refractivity contribution in [2.45, 2.75) is 13.5 Å². The van der Waals surface area contributed by atoms with Crippen LogP contribution < -0.4 is 0 Å². The van der Waals surface area contributed by atoms with Crippen molar-refractivity contribution in [1.29, 1.82) is 0 Å². The third-order valence-electron chi connectivity index (χ3n) is 2.90. The van der Waals surface area contributed by atoms with E-state index < -0.39 is 0 Å². The molecule has 0 spiro atoms. The van der Waals surface area contributed by atoms with Crippen LogP contribution >= 0.6 is 12.1 Å². The highest BCUT2D eigenvalue weighted by Crippen LogP contribution is 2.17. The van der Waals surface area contributed by atoms with Gasteiger partial charge in [-0.15, -0.1) is 0 Å². The zero-order valence-corrected chi connectivity index (χ0v) is 12.5. The van der Waals surface area contributed by atoms with Crippen LogP contribution in [-0.2, 0) is 11.3 Å². The van der Waals surface area contributed by atoms with Gasteiger partial charge in [0.25, 0.3) is 0 Å². The molecule has 0 saturated heterocycles. The Balaban J connectivity index is 2.60. The molecule has 1 unspecified atom stereocenters. The second-order valence-electron chi connectivity index (χ2n) is 4.51. The molecule has 0 aromatic heterocycles. The van der Waals surface area contributed by atoms with Gasteiger partial charge in [0.2, 0.25) is 0 Å². The largest absolute Gasteiger partial charge is 0.396 e. The van der Waals surface area contributed by atoms with E-state index in [1.165, 1.54) is 0 Å². The highest BCUT2D eigenvalue weighted by molar-refractivity contribution is 7.94. The first-order valence-electron chi connectivity index (χ1n) is 6.55. The molecule has 110 valence electrons. The van der Waals surface area contributed by atoms with Crippen LogP contribution in [0.4, 0.5) is 3.89 Å². The standard InChI is InChI=1S/C16H21FO2S/c1-3-5-16-8-13(6-7-15(16)4-2)10-19-11-14(9-18)12-20-17/h3-8,14,18H,2,9-12H2,1H3/b5-3-. The average Bonchev–Trinajstić information content (AvgIpc) is 2.47. The smallest absolute Gasteiger partial charge is 0.0717 e. The quantitative estimate of drug-likeness (QED) is 0.744. The molecule has 1 atom stereocenters. The third kappa shape index (κ3) is 5.49. The van der Waals surface area contributed by atoms with Gasteiger partial charge in [-0.2, -0.15) is 3.89 Å². The van der Waals surface area contributed by atoms with Crippen LogP contribution in [0.25, 0.3) is 12.2 Å². The first-order valence-corrected chi connectivity index (χ1v) is 7.44. The zero-order chi connectivity index (χ0) is 14.8. The third-order valence-corrected chi connectivity index (χ3v) is 3.49. The fraction of sp³-hybridized carbons (Fsp3) is 0.375. The monoisotopic (exact) mass is 296 g/mol. The Bertz CT molecular complexity index is 446. The second-order valence-corrected chi connectivity index (χ2v) is 5.06.